The maximum atomic E-state index is 11.2. The standard InChI is InChI=1S/C11H14BrNO2S/c12-10-1-2-11(14)9(7-10)8-13-3-5-16(15)6-4-13/h1-2,7,14H,3-6,8H2. The van der Waals surface area contributed by atoms with Crippen LogP contribution in [0.15, 0.2) is 22.7 Å². The summed E-state index contributed by atoms with van der Waals surface area (Å²) in [5.41, 5.74) is 0.919. The monoisotopic (exact) mass is 303 g/mol. The first kappa shape index (κ1) is 12.1. The van der Waals surface area contributed by atoms with E-state index in [-0.39, 0.29) is 0 Å². The minimum Gasteiger partial charge on any atom is -0.508 e. The van der Waals surface area contributed by atoms with Crippen LogP contribution in [0.2, 0.25) is 0 Å². The molecule has 16 heavy (non-hydrogen) atoms. The van der Waals surface area contributed by atoms with Crippen LogP contribution in [0.3, 0.4) is 0 Å². The molecule has 1 aliphatic rings. The second kappa shape index (κ2) is 5.29. The van der Waals surface area contributed by atoms with Gasteiger partial charge in [0.05, 0.1) is 0 Å². The zero-order valence-corrected chi connectivity index (χ0v) is 11.3. The molecule has 0 aliphatic carbocycles. The highest BCUT2D eigenvalue weighted by molar-refractivity contribution is 9.10. The lowest BCUT2D eigenvalue weighted by Gasteiger charge is -2.26. The number of hydrogen-bond donors (Lipinski definition) is 1. The molecule has 1 aliphatic heterocycles. The van der Waals surface area contributed by atoms with E-state index >= 15 is 0 Å². The van der Waals surface area contributed by atoms with Crippen LogP contribution in [-0.2, 0) is 17.3 Å². The Morgan fingerprint density at radius 3 is 2.75 bits per heavy atom. The van der Waals surface area contributed by atoms with Crippen LogP contribution < -0.4 is 0 Å². The molecule has 0 bridgehead atoms. The van der Waals surface area contributed by atoms with Gasteiger partial charge in [0.15, 0.2) is 0 Å². The van der Waals surface area contributed by atoms with Crippen LogP contribution in [-0.4, -0.2) is 38.8 Å². The third kappa shape index (κ3) is 3.06. The lowest BCUT2D eigenvalue weighted by molar-refractivity contribution is 0.286. The van der Waals surface area contributed by atoms with Crippen molar-refractivity contribution in [1.29, 1.82) is 0 Å². The number of rotatable bonds is 2. The van der Waals surface area contributed by atoms with Crippen molar-refractivity contribution in [1.82, 2.24) is 4.90 Å². The van der Waals surface area contributed by atoms with Crippen molar-refractivity contribution in [2.75, 3.05) is 24.6 Å². The first-order valence-corrected chi connectivity index (χ1v) is 7.48. The molecule has 2 rings (SSSR count). The number of phenolic OH excluding ortho intramolecular Hbond substituents is 1. The first-order chi connectivity index (χ1) is 7.65. The average Bonchev–Trinajstić information content (AvgIpc) is 2.27. The molecule has 1 saturated heterocycles. The van der Waals surface area contributed by atoms with Gasteiger partial charge >= 0.3 is 0 Å². The van der Waals surface area contributed by atoms with Gasteiger partial charge in [0.25, 0.3) is 0 Å². The Hall–Kier alpha value is -0.390. The molecule has 0 amide bonds. The SMILES string of the molecule is O=S1CCN(Cc2cc(Br)ccc2O)CC1. The molecule has 3 nitrogen and oxygen atoms in total. The number of benzene rings is 1. The van der Waals surface area contributed by atoms with E-state index in [0.717, 1.165) is 41.2 Å². The summed E-state index contributed by atoms with van der Waals surface area (Å²) in [6.07, 6.45) is 0. The highest BCUT2D eigenvalue weighted by Gasteiger charge is 2.16. The Morgan fingerprint density at radius 2 is 2.06 bits per heavy atom. The van der Waals surface area contributed by atoms with E-state index in [4.69, 9.17) is 0 Å². The molecule has 0 saturated carbocycles. The Morgan fingerprint density at radius 1 is 1.38 bits per heavy atom. The van der Waals surface area contributed by atoms with E-state index in [2.05, 4.69) is 20.8 Å². The van der Waals surface area contributed by atoms with Crippen LogP contribution in [0.4, 0.5) is 0 Å². The van der Waals surface area contributed by atoms with E-state index in [0.29, 0.717) is 5.75 Å². The number of aromatic hydroxyl groups is 1. The summed E-state index contributed by atoms with van der Waals surface area (Å²) in [4.78, 5) is 2.23. The Balaban J connectivity index is 2.03. The maximum absolute atomic E-state index is 11.2. The predicted octanol–water partition coefficient (Wildman–Crippen LogP) is 1.72. The zero-order chi connectivity index (χ0) is 11.5. The van der Waals surface area contributed by atoms with Crippen LogP contribution in [0.25, 0.3) is 0 Å². The molecule has 1 fully saturated rings. The average molecular weight is 304 g/mol. The summed E-state index contributed by atoms with van der Waals surface area (Å²) in [6.45, 7) is 2.42. The first-order valence-electron chi connectivity index (χ1n) is 5.20. The fourth-order valence-electron chi connectivity index (χ4n) is 1.76. The van der Waals surface area contributed by atoms with Gasteiger partial charge in [-0.3, -0.25) is 9.11 Å². The molecule has 0 atom stereocenters. The van der Waals surface area contributed by atoms with Crippen molar-refractivity contribution in [3.63, 3.8) is 0 Å². The van der Waals surface area contributed by atoms with Crippen LogP contribution in [0, 0.1) is 0 Å². The number of nitrogens with zero attached hydrogens (tertiary/aromatic N) is 1. The van der Waals surface area contributed by atoms with Crippen LogP contribution >= 0.6 is 15.9 Å². The van der Waals surface area contributed by atoms with Crippen LogP contribution in [0.1, 0.15) is 5.56 Å². The third-order valence-electron chi connectivity index (χ3n) is 2.71. The fraction of sp³-hybridized carbons (Fsp3) is 0.455. The summed E-state index contributed by atoms with van der Waals surface area (Å²) < 4.78 is 12.2. The Bertz CT molecular complexity index is 401. The van der Waals surface area contributed by atoms with Gasteiger partial charge in [-0.2, -0.15) is 0 Å². The van der Waals surface area contributed by atoms with Crippen molar-refractivity contribution in [2.24, 2.45) is 0 Å². The highest BCUT2D eigenvalue weighted by atomic mass is 79.9. The number of halogens is 1. The minimum atomic E-state index is -0.642. The molecule has 1 N–H and O–H groups in total. The predicted molar refractivity (Wildman–Crippen MR) is 69.0 cm³/mol. The van der Waals surface area contributed by atoms with Crippen molar-refractivity contribution < 1.29 is 9.32 Å². The summed E-state index contributed by atoms with van der Waals surface area (Å²) in [5, 5.41) is 9.71. The largest absolute Gasteiger partial charge is 0.508 e. The van der Waals surface area contributed by atoms with E-state index < -0.39 is 10.8 Å². The summed E-state index contributed by atoms with van der Waals surface area (Å²) in [7, 11) is -0.642. The zero-order valence-electron chi connectivity index (χ0n) is 8.86. The molecule has 1 heterocycles. The van der Waals surface area contributed by atoms with Crippen molar-refractivity contribution in [2.45, 2.75) is 6.54 Å². The molecule has 0 aromatic heterocycles. The minimum absolute atomic E-state index is 0.329. The molecule has 0 unspecified atom stereocenters. The van der Waals surface area contributed by atoms with Gasteiger partial charge < -0.3 is 5.11 Å². The normalized spacial score (nSPS) is 18.8. The molecule has 88 valence electrons. The molecular formula is C11H14BrNO2S. The Labute approximate surface area is 106 Å². The molecular weight excluding hydrogens is 290 g/mol. The molecule has 1 aromatic rings. The second-order valence-corrected chi connectivity index (χ2v) is 6.51. The van der Waals surface area contributed by atoms with E-state index in [1.54, 1.807) is 6.07 Å². The maximum Gasteiger partial charge on any atom is 0.120 e. The van der Waals surface area contributed by atoms with Crippen molar-refractivity contribution >= 4 is 26.7 Å². The summed E-state index contributed by atoms with van der Waals surface area (Å²) in [5.74, 6) is 1.82. The second-order valence-electron chi connectivity index (χ2n) is 3.90. The summed E-state index contributed by atoms with van der Waals surface area (Å²) in [6, 6.07) is 5.45. The molecule has 1 aromatic carbocycles. The van der Waals surface area contributed by atoms with Gasteiger partial charge in [-0.25, -0.2) is 0 Å². The summed E-state index contributed by atoms with van der Waals surface area (Å²) >= 11 is 3.39. The third-order valence-corrected chi connectivity index (χ3v) is 4.47. The molecule has 0 radical (unpaired) electrons. The molecule has 5 heteroatoms. The van der Waals surface area contributed by atoms with Gasteiger partial charge in [0, 0.05) is 52.0 Å². The van der Waals surface area contributed by atoms with E-state index in [1.165, 1.54) is 0 Å². The van der Waals surface area contributed by atoms with Gasteiger partial charge in [-0.15, -0.1) is 0 Å². The lowest BCUT2D eigenvalue weighted by atomic mass is 10.2. The van der Waals surface area contributed by atoms with Crippen molar-refractivity contribution in [3.8, 4) is 5.75 Å². The Kier molecular flexibility index (Phi) is 4.00. The lowest BCUT2D eigenvalue weighted by Crippen LogP contribution is -2.37. The fourth-order valence-corrected chi connectivity index (χ4v) is 3.29. The highest BCUT2D eigenvalue weighted by Crippen LogP contribution is 2.23. The smallest absolute Gasteiger partial charge is 0.120 e. The van der Waals surface area contributed by atoms with E-state index in [1.807, 2.05) is 12.1 Å². The van der Waals surface area contributed by atoms with Gasteiger partial charge in [-0.05, 0) is 18.2 Å². The van der Waals surface area contributed by atoms with Crippen LogP contribution in [0.5, 0.6) is 5.75 Å². The molecule has 0 spiro atoms. The quantitative estimate of drug-likeness (QED) is 0.904. The number of hydrogen-bond acceptors (Lipinski definition) is 3. The van der Waals surface area contributed by atoms with Gasteiger partial charge in [-0.1, -0.05) is 15.9 Å². The number of phenols is 1. The van der Waals surface area contributed by atoms with E-state index in [9.17, 15) is 9.32 Å². The van der Waals surface area contributed by atoms with Gasteiger partial charge in [0.2, 0.25) is 0 Å². The van der Waals surface area contributed by atoms with Gasteiger partial charge in [0.1, 0.15) is 5.75 Å². The topological polar surface area (TPSA) is 40.5 Å². The van der Waals surface area contributed by atoms with Crippen molar-refractivity contribution in [3.05, 3.63) is 28.2 Å².